The molecule has 0 spiro atoms. The lowest BCUT2D eigenvalue weighted by Crippen LogP contribution is -2.12. The lowest BCUT2D eigenvalue weighted by atomic mass is 9.85. The van der Waals surface area contributed by atoms with E-state index in [1.54, 1.807) is 12.3 Å². The van der Waals surface area contributed by atoms with Gasteiger partial charge < -0.3 is 4.98 Å². The van der Waals surface area contributed by atoms with Crippen LogP contribution < -0.4 is 5.43 Å². The molecule has 5 heteroatoms. The fourth-order valence-corrected chi connectivity index (χ4v) is 4.04. The van der Waals surface area contributed by atoms with E-state index in [1.165, 1.54) is 11.8 Å². The number of H-pyrrole nitrogens is 1. The Morgan fingerprint density at radius 1 is 1.20 bits per heavy atom. The summed E-state index contributed by atoms with van der Waals surface area (Å²) in [6.07, 6.45) is 3.64. The molecular weight excluding hydrogens is 352 g/mol. The summed E-state index contributed by atoms with van der Waals surface area (Å²) in [7, 11) is 0. The van der Waals surface area contributed by atoms with E-state index in [4.69, 9.17) is 11.6 Å². The Kier molecular flexibility index (Phi) is 4.69. The number of nitrogens with zero attached hydrogens (tertiary/aromatic N) is 1. The Bertz CT molecular complexity index is 1020. The van der Waals surface area contributed by atoms with Crippen LogP contribution in [0.25, 0.3) is 22.2 Å². The molecule has 0 atom stereocenters. The molecule has 130 valence electrons. The Balaban J connectivity index is 2.24. The number of fused-ring (bicyclic) bond motifs is 1. The highest BCUT2D eigenvalue weighted by Crippen LogP contribution is 2.35. The van der Waals surface area contributed by atoms with E-state index in [2.05, 4.69) is 36.8 Å². The van der Waals surface area contributed by atoms with Gasteiger partial charge >= 0.3 is 0 Å². The van der Waals surface area contributed by atoms with Crippen LogP contribution in [0.15, 0.2) is 40.3 Å². The molecule has 0 saturated carbocycles. The fourth-order valence-electron chi connectivity index (χ4n) is 3.02. The summed E-state index contributed by atoms with van der Waals surface area (Å²) < 4.78 is 0. The molecule has 25 heavy (non-hydrogen) atoms. The fraction of sp³-hybridized carbons (Fsp3) is 0.300. The molecule has 1 N–H and O–H groups in total. The van der Waals surface area contributed by atoms with E-state index in [1.807, 2.05) is 25.3 Å². The molecule has 0 bridgehead atoms. The summed E-state index contributed by atoms with van der Waals surface area (Å²) >= 11 is 8.01. The molecule has 0 aliphatic carbocycles. The van der Waals surface area contributed by atoms with E-state index in [0.29, 0.717) is 10.4 Å². The Morgan fingerprint density at radius 2 is 1.92 bits per heavy atom. The number of benzene rings is 1. The standard InChI is InChI=1S/C20H21ClN2OS/c1-11-8-13(20(2,3)4)14(21)9-12(11)16-10-17(24)18-15(23-16)6-7-22-19(18)25-5/h6-10H,1-5H3,(H,23,24). The van der Waals surface area contributed by atoms with Gasteiger partial charge in [0, 0.05) is 22.8 Å². The van der Waals surface area contributed by atoms with Crippen molar-refractivity contribution in [3.05, 3.63) is 56.8 Å². The molecule has 2 aromatic heterocycles. The first-order valence-electron chi connectivity index (χ1n) is 8.09. The molecule has 0 unspecified atom stereocenters. The van der Waals surface area contributed by atoms with Crippen molar-refractivity contribution in [1.82, 2.24) is 9.97 Å². The maximum Gasteiger partial charge on any atom is 0.192 e. The lowest BCUT2D eigenvalue weighted by molar-refractivity contribution is 0.590. The van der Waals surface area contributed by atoms with Crippen LogP contribution in [-0.4, -0.2) is 16.2 Å². The molecule has 1 aromatic carbocycles. The number of thioether (sulfide) groups is 1. The zero-order valence-electron chi connectivity index (χ0n) is 15.0. The van der Waals surface area contributed by atoms with Gasteiger partial charge in [-0.2, -0.15) is 0 Å². The maximum atomic E-state index is 12.7. The van der Waals surface area contributed by atoms with Gasteiger partial charge in [0.2, 0.25) is 0 Å². The minimum atomic E-state index is -0.0317. The summed E-state index contributed by atoms with van der Waals surface area (Å²) in [6.45, 7) is 8.47. The number of aryl methyl sites for hydroxylation is 1. The average Bonchev–Trinajstić information content (AvgIpc) is 2.54. The monoisotopic (exact) mass is 372 g/mol. The van der Waals surface area contributed by atoms with Crippen LogP contribution in [0.5, 0.6) is 0 Å². The smallest absolute Gasteiger partial charge is 0.192 e. The lowest BCUT2D eigenvalue weighted by Gasteiger charge is -2.22. The van der Waals surface area contributed by atoms with Crippen LogP contribution in [0.1, 0.15) is 31.9 Å². The molecule has 0 aliphatic heterocycles. The van der Waals surface area contributed by atoms with Gasteiger partial charge in [0.15, 0.2) is 5.43 Å². The molecule has 0 aliphatic rings. The van der Waals surface area contributed by atoms with E-state index in [9.17, 15) is 4.79 Å². The number of nitrogens with one attached hydrogen (secondary N) is 1. The molecule has 0 fully saturated rings. The van der Waals surface area contributed by atoms with Gasteiger partial charge in [-0.1, -0.05) is 38.4 Å². The largest absolute Gasteiger partial charge is 0.354 e. The molecule has 0 amide bonds. The number of hydrogen-bond donors (Lipinski definition) is 1. The van der Waals surface area contributed by atoms with Gasteiger partial charge in [-0.05, 0) is 41.9 Å². The van der Waals surface area contributed by atoms with Crippen LogP contribution in [0.2, 0.25) is 5.02 Å². The maximum absolute atomic E-state index is 12.7. The Morgan fingerprint density at radius 3 is 2.56 bits per heavy atom. The molecule has 2 heterocycles. The van der Waals surface area contributed by atoms with Gasteiger partial charge in [0.25, 0.3) is 0 Å². The molecule has 3 aromatic rings. The second-order valence-corrected chi connectivity index (χ2v) is 8.39. The highest BCUT2D eigenvalue weighted by atomic mass is 35.5. The third kappa shape index (κ3) is 3.33. The molecule has 3 nitrogen and oxygen atoms in total. The highest BCUT2D eigenvalue weighted by Gasteiger charge is 2.20. The topological polar surface area (TPSA) is 45.8 Å². The van der Waals surface area contributed by atoms with Crippen molar-refractivity contribution >= 4 is 34.3 Å². The minimum Gasteiger partial charge on any atom is -0.354 e. The van der Waals surface area contributed by atoms with Crippen molar-refractivity contribution in [2.45, 2.75) is 38.1 Å². The summed E-state index contributed by atoms with van der Waals surface area (Å²) in [5.41, 5.74) is 4.63. The first-order chi connectivity index (χ1) is 11.7. The second kappa shape index (κ2) is 6.50. The molecular formula is C20H21ClN2OS. The summed E-state index contributed by atoms with van der Waals surface area (Å²) in [5, 5.41) is 2.09. The number of rotatable bonds is 2. The summed E-state index contributed by atoms with van der Waals surface area (Å²) in [4.78, 5) is 20.3. The van der Waals surface area contributed by atoms with Crippen molar-refractivity contribution in [2.24, 2.45) is 0 Å². The first kappa shape index (κ1) is 18.0. The van der Waals surface area contributed by atoms with Crippen molar-refractivity contribution in [1.29, 1.82) is 0 Å². The van der Waals surface area contributed by atoms with E-state index in [0.717, 1.165) is 32.9 Å². The van der Waals surface area contributed by atoms with Crippen LogP contribution in [0, 0.1) is 6.92 Å². The number of halogens is 1. The molecule has 0 saturated heterocycles. The minimum absolute atomic E-state index is 0.0309. The van der Waals surface area contributed by atoms with Crippen molar-refractivity contribution in [3.8, 4) is 11.3 Å². The Hall–Kier alpha value is -1.78. The average molecular weight is 373 g/mol. The third-order valence-corrected chi connectivity index (χ3v) is 5.32. The predicted octanol–water partition coefficient (Wildman–Crippen LogP) is 5.57. The van der Waals surface area contributed by atoms with Crippen LogP contribution >= 0.6 is 23.4 Å². The number of aromatic amines is 1. The zero-order valence-corrected chi connectivity index (χ0v) is 16.6. The number of hydrogen-bond acceptors (Lipinski definition) is 3. The van der Waals surface area contributed by atoms with Crippen LogP contribution in [0.4, 0.5) is 0 Å². The van der Waals surface area contributed by atoms with Crippen molar-refractivity contribution in [2.75, 3.05) is 6.26 Å². The van der Waals surface area contributed by atoms with E-state index >= 15 is 0 Å². The number of pyridine rings is 2. The predicted molar refractivity (Wildman–Crippen MR) is 108 cm³/mol. The van der Waals surface area contributed by atoms with E-state index in [-0.39, 0.29) is 10.8 Å². The van der Waals surface area contributed by atoms with Crippen LogP contribution in [0.3, 0.4) is 0 Å². The summed E-state index contributed by atoms with van der Waals surface area (Å²) in [5.74, 6) is 0. The Labute approximate surface area is 156 Å². The normalized spacial score (nSPS) is 11.9. The van der Waals surface area contributed by atoms with Crippen molar-refractivity contribution in [3.63, 3.8) is 0 Å². The summed E-state index contributed by atoms with van der Waals surface area (Å²) in [6, 6.07) is 7.53. The van der Waals surface area contributed by atoms with Gasteiger partial charge in [0.05, 0.1) is 16.6 Å². The zero-order chi connectivity index (χ0) is 18.4. The van der Waals surface area contributed by atoms with Gasteiger partial charge in [0.1, 0.15) is 5.03 Å². The SMILES string of the molecule is CSc1nccc2[nH]c(-c3cc(Cl)c(C(C)(C)C)cc3C)cc(=O)c12. The quantitative estimate of drug-likeness (QED) is 0.598. The third-order valence-electron chi connectivity index (χ3n) is 4.31. The van der Waals surface area contributed by atoms with Gasteiger partial charge in [-0.15, -0.1) is 11.8 Å². The number of aromatic nitrogens is 2. The molecule has 3 rings (SSSR count). The second-order valence-electron chi connectivity index (χ2n) is 7.19. The van der Waals surface area contributed by atoms with Crippen LogP contribution in [-0.2, 0) is 5.41 Å². The molecule has 0 radical (unpaired) electrons. The highest BCUT2D eigenvalue weighted by molar-refractivity contribution is 7.98. The van der Waals surface area contributed by atoms with Gasteiger partial charge in [-0.3, -0.25) is 4.79 Å². The van der Waals surface area contributed by atoms with Gasteiger partial charge in [-0.25, -0.2) is 4.98 Å². The van der Waals surface area contributed by atoms with E-state index < -0.39 is 0 Å². The van der Waals surface area contributed by atoms with Crippen molar-refractivity contribution < 1.29 is 0 Å². The first-order valence-corrected chi connectivity index (χ1v) is 9.69.